The number of oxazole rings is 1. The van der Waals surface area contributed by atoms with E-state index in [0.717, 1.165) is 29.8 Å². The fraction of sp³-hybridized carbons (Fsp3) is 0.259. The van der Waals surface area contributed by atoms with Gasteiger partial charge in [0.15, 0.2) is 12.0 Å². The van der Waals surface area contributed by atoms with Gasteiger partial charge in [-0.2, -0.15) is 0 Å². The van der Waals surface area contributed by atoms with Crippen LogP contribution in [0.1, 0.15) is 42.1 Å². The standard InChI is InChI=1S/C27H22ClFN4O3/c1-16-11-32(14-30-16)22-3-2-17(24-25(22)36-15-31-24)6-19-10-27(4-5-27)13-33(26(19)35)23(12-34)18-7-20(28)9-21(29)8-18/h2-3,6-9,11-12,14-15,23H,4-5,10,13H2,1H3/b19-6+. The topological polar surface area (TPSA) is 81.2 Å². The van der Waals surface area contributed by atoms with Crippen LogP contribution in [0.2, 0.25) is 5.02 Å². The molecule has 1 atom stereocenters. The first kappa shape index (κ1) is 22.7. The first-order valence-corrected chi connectivity index (χ1v) is 12.0. The Morgan fingerprint density at radius 3 is 2.75 bits per heavy atom. The van der Waals surface area contributed by atoms with E-state index < -0.39 is 11.9 Å². The highest BCUT2D eigenvalue weighted by molar-refractivity contribution is 6.30. The number of likely N-dealkylation sites (tertiary alicyclic amines) is 1. The molecule has 7 nitrogen and oxygen atoms in total. The van der Waals surface area contributed by atoms with E-state index in [1.807, 2.05) is 35.9 Å². The van der Waals surface area contributed by atoms with Gasteiger partial charge in [-0.05, 0) is 67.5 Å². The second-order valence-electron chi connectivity index (χ2n) is 9.69. The third-order valence-electron chi connectivity index (χ3n) is 7.07. The van der Waals surface area contributed by atoms with Gasteiger partial charge >= 0.3 is 0 Å². The maximum atomic E-state index is 14.1. The molecule has 4 aromatic rings. The fourth-order valence-electron chi connectivity index (χ4n) is 5.10. The summed E-state index contributed by atoms with van der Waals surface area (Å²) in [5.74, 6) is -0.803. The molecule has 2 aliphatic rings. The first-order valence-electron chi connectivity index (χ1n) is 11.7. The van der Waals surface area contributed by atoms with Crippen molar-refractivity contribution in [1.82, 2.24) is 19.4 Å². The number of piperidine rings is 1. The Bertz CT molecular complexity index is 1530. The predicted octanol–water partition coefficient (Wildman–Crippen LogP) is 5.45. The largest absolute Gasteiger partial charge is 0.441 e. The normalized spacial score (nSPS) is 18.8. The summed E-state index contributed by atoms with van der Waals surface area (Å²) in [7, 11) is 0. The molecule has 0 bridgehead atoms. The summed E-state index contributed by atoms with van der Waals surface area (Å²) in [5, 5.41) is 0.180. The van der Waals surface area contributed by atoms with E-state index in [1.54, 1.807) is 11.2 Å². The summed E-state index contributed by atoms with van der Waals surface area (Å²) in [6, 6.07) is 6.84. The zero-order valence-electron chi connectivity index (χ0n) is 19.4. The highest BCUT2D eigenvalue weighted by Gasteiger charge is 2.51. The van der Waals surface area contributed by atoms with E-state index in [9.17, 15) is 14.0 Å². The van der Waals surface area contributed by atoms with Gasteiger partial charge in [-0.3, -0.25) is 4.79 Å². The number of carbonyl (C=O) groups excluding carboxylic acids is 2. The van der Waals surface area contributed by atoms with Crippen LogP contribution in [0, 0.1) is 18.2 Å². The molecule has 1 spiro atoms. The predicted molar refractivity (Wildman–Crippen MR) is 132 cm³/mol. The number of halogens is 2. The fourth-order valence-corrected chi connectivity index (χ4v) is 5.33. The molecule has 6 rings (SSSR count). The van der Waals surface area contributed by atoms with Gasteiger partial charge in [0.2, 0.25) is 0 Å². The van der Waals surface area contributed by atoms with Crippen LogP contribution in [0.25, 0.3) is 22.9 Å². The van der Waals surface area contributed by atoms with Gasteiger partial charge in [-0.15, -0.1) is 0 Å². The van der Waals surface area contributed by atoms with Crippen LogP contribution < -0.4 is 0 Å². The maximum Gasteiger partial charge on any atom is 0.250 e. The van der Waals surface area contributed by atoms with E-state index >= 15 is 0 Å². The number of aromatic nitrogens is 3. The van der Waals surface area contributed by atoms with Gasteiger partial charge in [-0.25, -0.2) is 14.4 Å². The van der Waals surface area contributed by atoms with Crippen molar-refractivity contribution < 1.29 is 18.4 Å². The molecule has 1 saturated carbocycles. The van der Waals surface area contributed by atoms with E-state index in [-0.39, 0.29) is 16.3 Å². The summed E-state index contributed by atoms with van der Waals surface area (Å²) >= 11 is 6.04. The van der Waals surface area contributed by atoms with Gasteiger partial charge in [-0.1, -0.05) is 17.7 Å². The molecule has 9 heteroatoms. The number of aryl methyl sites for hydroxylation is 1. The maximum absolute atomic E-state index is 14.1. The number of rotatable bonds is 5. The Hall–Kier alpha value is -3.78. The molecule has 1 unspecified atom stereocenters. The number of amides is 1. The number of carbonyl (C=O) groups is 2. The molecule has 3 heterocycles. The van der Waals surface area contributed by atoms with Gasteiger partial charge in [0.1, 0.15) is 23.7 Å². The van der Waals surface area contributed by atoms with Crippen LogP contribution in [0.4, 0.5) is 4.39 Å². The Morgan fingerprint density at radius 2 is 2.06 bits per heavy atom. The highest BCUT2D eigenvalue weighted by Crippen LogP contribution is 2.55. The summed E-state index contributed by atoms with van der Waals surface area (Å²) < 4.78 is 21.6. The summed E-state index contributed by atoms with van der Waals surface area (Å²) in [4.78, 5) is 36.1. The van der Waals surface area contributed by atoms with E-state index in [2.05, 4.69) is 9.97 Å². The number of benzene rings is 2. The molecule has 1 aliphatic carbocycles. The molecule has 182 valence electrons. The molecule has 2 aromatic carbocycles. The number of imidazole rings is 1. The van der Waals surface area contributed by atoms with E-state index in [4.69, 9.17) is 16.0 Å². The molecule has 0 radical (unpaired) electrons. The minimum atomic E-state index is -0.925. The second kappa shape index (κ2) is 8.41. The van der Waals surface area contributed by atoms with Crippen LogP contribution >= 0.6 is 11.6 Å². The second-order valence-corrected chi connectivity index (χ2v) is 10.1. The minimum Gasteiger partial charge on any atom is -0.441 e. The molecule has 1 amide bonds. The van der Waals surface area contributed by atoms with Crippen LogP contribution in [-0.4, -0.2) is 38.2 Å². The Labute approximate surface area is 211 Å². The molecular weight excluding hydrogens is 483 g/mol. The monoisotopic (exact) mass is 504 g/mol. The lowest BCUT2D eigenvalue weighted by atomic mass is 9.87. The molecule has 0 N–H and O–H groups in total. The Morgan fingerprint density at radius 1 is 1.22 bits per heavy atom. The lowest BCUT2D eigenvalue weighted by Crippen LogP contribution is -2.45. The third-order valence-corrected chi connectivity index (χ3v) is 7.29. The number of hydrogen-bond donors (Lipinski definition) is 0. The third kappa shape index (κ3) is 3.91. The summed E-state index contributed by atoms with van der Waals surface area (Å²) in [6.45, 7) is 2.35. The molecule has 2 fully saturated rings. The zero-order valence-corrected chi connectivity index (χ0v) is 20.2. The average molecular weight is 505 g/mol. The number of fused-ring (bicyclic) bond motifs is 1. The number of aldehydes is 1. The average Bonchev–Trinajstić information content (AvgIpc) is 3.19. The van der Waals surface area contributed by atoms with Crippen molar-refractivity contribution in [2.75, 3.05) is 6.54 Å². The van der Waals surface area contributed by atoms with Crippen molar-refractivity contribution in [2.45, 2.75) is 32.2 Å². The van der Waals surface area contributed by atoms with Gasteiger partial charge < -0.3 is 18.7 Å². The van der Waals surface area contributed by atoms with Crippen LogP contribution in [0.15, 0.2) is 59.2 Å². The molecular formula is C27H22ClFN4O3. The summed E-state index contributed by atoms with van der Waals surface area (Å²) in [6.07, 6.45) is 10.0. The van der Waals surface area contributed by atoms with E-state index in [1.165, 1.54) is 24.6 Å². The van der Waals surface area contributed by atoms with Crippen molar-refractivity contribution in [2.24, 2.45) is 5.41 Å². The van der Waals surface area contributed by atoms with Crippen molar-refractivity contribution in [3.63, 3.8) is 0 Å². The van der Waals surface area contributed by atoms with Gasteiger partial charge in [0, 0.05) is 28.9 Å². The first-order chi connectivity index (χ1) is 17.4. The SMILES string of the molecule is Cc1cn(-c2ccc(/C=C3\CC4(CC4)CN(C(C=O)c4cc(F)cc(Cl)c4)C3=O)c3ncoc23)cn1. The van der Waals surface area contributed by atoms with Crippen molar-refractivity contribution >= 4 is 41.0 Å². The smallest absolute Gasteiger partial charge is 0.250 e. The Balaban J connectivity index is 1.40. The number of nitrogens with zero attached hydrogens (tertiary/aromatic N) is 4. The van der Waals surface area contributed by atoms with Crippen molar-refractivity contribution in [3.8, 4) is 5.69 Å². The van der Waals surface area contributed by atoms with Crippen molar-refractivity contribution in [3.05, 3.63) is 82.5 Å². The van der Waals surface area contributed by atoms with Crippen LogP contribution in [0.5, 0.6) is 0 Å². The lowest BCUT2D eigenvalue weighted by Gasteiger charge is -2.38. The molecule has 1 aliphatic heterocycles. The Kier molecular flexibility index (Phi) is 5.30. The molecule has 36 heavy (non-hydrogen) atoms. The highest BCUT2D eigenvalue weighted by atomic mass is 35.5. The lowest BCUT2D eigenvalue weighted by molar-refractivity contribution is -0.136. The van der Waals surface area contributed by atoms with E-state index in [0.29, 0.717) is 41.5 Å². The van der Waals surface area contributed by atoms with Gasteiger partial charge in [0.05, 0.1) is 17.7 Å². The van der Waals surface area contributed by atoms with Gasteiger partial charge in [0.25, 0.3) is 5.91 Å². The number of hydrogen-bond acceptors (Lipinski definition) is 5. The van der Waals surface area contributed by atoms with Crippen molar-refractivity contribution in [1.29, 1.82) is 0 Å². The zero-order chi connectivity index (χ0) is 25.0. The minimum absolute atomic E-state index is 0.0741. The molecule has 1 saturated heterocycles. The molecule has 2 aromatic heterocycles. The van der Waals surface area contributed by atoms with Crippen LogP contribution in [-0.2, 0) is 9.59 Å². The quantitative estimate of drug-likeness (QED) is 0.266. The summed E-state index contributed by atoms with van der Waals surface area (Å²) in [5.41, 5.74) is 4.51. The van der Waals surface area contributed by atoms with Crippen LogP contribution in [0.3, 0.4) is 0 Å².